The van der Waals surface area contributed by atoms with E-state index < -0.39 is 0 Å². The highest BCUT2D eigenvalue weighted by Gasteiger charge is 2.28. The zero-order valence-corrected chi connectivity index (χ0v) is 9.58. The third-order valence-electron chi connectivity index (χ3n) is 2.49. The smallest absolute Gasteiger partial charge is 0.0158 e. The number of nitrogens with zero attached hydrogens (tertiary/aromatic N) is 1. The van der Waals surface area contributed by atoms with Crippen molar-refractivity contribution in [3.63, 3.8) is 0 Å². The molecule has 0 aliphatic carbocycles. The Hall–Kier alpha value is 0.180. The van der Waals surface area contributed by atoms with E-state index in [2.05, 4.69) is 38.5 Å². The Morgan fingerprint density at radius 3 is 2.42 bits per heavy atom. The molecule has 1 unspecified atom stereocenters. The first-order valence-electron chi connectivity index (χ1n) is 4.65. The highest BCUT2D eigenvalue weighted by Crippen LogP contribution is 2.26. The molecule has 1 saturated heterocycles. The summed E-state index contributed by atoms with van der Waals surface area (Å²) in [7, 11) is 0.433. The van der Waals surface area contributed by atoms with Crippen LogP contribution in [0, 0.1) is 0 Å². The summed E-state index contributed by atoms with van der Waals surface area (Å²) < 4.78 is 0. The van der Waals surface area contributed by atoms with E-state index in [4.69, 9.17) is 0 Å². The molecule has 0 aromatic heterocycles. The Bertz CT molecular complexity index is 181. The van der Waals surface area contributed by atoms with Gasteiger partial charge in [0.2, 0.25) is 0 Å². The van der Waals surface area contributed by atoms with Gasteiger partial charge in [-0.15, -0.1) is 0 Å². The van der Waals surface area contributed by atoms with Crippen molar-refractivity contribution >= 4 is 16.4 Å². The molecule has 1 aliphatic heterocycles. The van der Waals surface area contributed by atoms with Crippen molar-refractivity contribution in [1.29, 1.82) is 0 Å². The Morgan fingerprint density at radius 1 is 1.42 bits per heavy atom. The van der Waals surface area contributed by atoms with E-state index in [-0.39, 0.29) is 0 Å². The number of hydrogen-bond acceptors (Lipinski definition) is 1. The summed E-state index contributed by atoms with van der Waals surface area (Å²) in [5, 5.41) is 0. The van der Waals surface area contributed by atoms with Crippen molar-refractivity contribution in [2.75, 3.05) is 18.1 Å². The predicted octanol–water partition coefficient (Wildman–Crippen LogP) is 2.19. The fourth-order valence-electron chi connectivity index (χ4n) is 1.96. The average Bonchev–Trinajstić information content (AvgIpc) is 1.83. The molecule has 0 aromatic rings. The summed E-state index contributed by atoms with van der Waals surface area (Å²) in [5.41, 5.74) is 0.337. The van der Waals surface area contributed by atoms with Crippen LogP contribution in [-0.4, -0.2) is 40.4 Å². The lowest BCUT2D eigenvalue weighted by molar-refractivity contribution is 0.106. The van der Waals surface area contributed by atoms with Crippen LogP contribution in [0.3, 0.4) is 0 Å². The molecule has 0 saturated carbocycles. The van der Waals surface area contributed by atoms with E-state index in [9.17, 15) is 0 Å². The largest absolute Gasteiger partial charge is 0.294 e. The topological polar surface area (TPSA) is 3.24 Å². The van der Waals surface area contributed by atoms with Gasteiger partial charge in [0.05, 0.1) is 0 Å². The van der Waals surface area contributed by atoms with Crippen LogP contribution >= 0.6 is 10.5 Å². The van der Waals surface area contributed by atoms with Gasteiger partial charge in [0, 0.05) is 29.6 Å². The Balaban J connectivity index is 2.62. The Kier molecular flexibility index (Phi) is 3.00. The van der Waals surface area contributed by atoms with Crippen LogP contribution in [-0.2, 0) is 0 Å². The van der Waals surface area contributed by atoms with Crippen LogP contribution < -0.4 is 0 Å². The molecule has 1 heterocycles. The molecule has 0 aromatic carbocycles. The lowest BCUT2D eigenvalue weighted by Gasteiger charge is -2.44. The third-order valence-corrected chi connectivity index (χ3v) is 4.21. The quantitative estimate of drug-likeness (QED) is 0.525. The third kappa shape index (κ3) is 2.33. The molecule has 0 amide bonds. The van der Waals surface area contributed by atoms with E-state index in [1.807, 2.05) is 0 Å². The molecule has 0 spiro atoms. The summed E-state index contributed by atoms with van der Waals surface area (Å²) in [5.74, 6) is 6.75. The monoisotopic (exact) mass is 187 g/mol. The molecule has 0 bridgehead atoms. The molecular weight excluding hydrogens is 166 g/mol. The number of rotatable bonds is 0. The molecule has 1 fully saturated rings. The van der Waals surface area contributed by atoms with Crippen molar-refractivity contribution in [2.24, 2.45) is 0 Å². The number of hydrogen-bond donors (Lipinski definition) is 0. The maximum Gasteiger partial charge on any atom is 0.0158 e. The Labute approximate surface area is 79.1 Å². The fraction of sp³-hybridized carbons (Fsp3) is 0.900. The van der Waals surface area contributed by atoms with E-state index in [1.165, 1.54) is 18.1 Å². The highest BCUT2D eigenvalue weighted by atomic mass is 32.2. The van der Waals surface area contributed by atoms with Crippen molar-refractivity contribution in [3.05, 3.63) is 0 Å². The van der Waals surface area contributed by atoms with E-state index in [0.29, 0.717) is 16.0 Å². The predicted molar refractivity (Wildman–Crippen MR) is 60.4 cm³/mol. The maximum absolute atomic E-state index is 4.17. The summed E-state index contributed by atoms with van der Waals surface area (Å²) >= 11 is 0. The van der Waals surface area contributed by atoms with Crippen LogP contribution in [0.5, 0.6) is 0 Å². The van der Waals surface area contributed by atoms with Gasteiger partial charge in [-0.2, -0.15) is 10.5 Å². The molecular formula is C10H21NS. The van der Waals surface area contributed by atoms with E-state index >= 15 is 0 Å². The van der Waals surface area contributed by atoms with Crippen LogP contribution in [0.15, 0.2) is 0 Å². The molecule has 0 N–H and O–H groups in total. The van der Waals surface area contributed by atoms with Gasteiger partial charge in [-0.3, -0.25) is 4.90 Å². The van der Waals surface area contributed by atoms with Gasteiger partial charge < -0.3 is 0 Å². The SMILES string of the molecule is C=S1CCN(C(C)(C)C)[C@@H](C)C1. The standard InChI is InChI=1S/C10H21NS/c1-9-8-12(5)7-6-11(9)10(2,3)4/h9H,5-8H2,1-4H3/t9-,12?/m0/s1. The van der Waals surface area contributed by atoms with Crippen LogP contribution in [0.2, 0.25) is 0 Å². The lowest BCUT2D eigenvalue weighted by atomic mass is 10.0. The van der Waals surface area contributed by atoms with Gasteiger partial charge >= 0.3 is 0 Å². The highest BCUT2D eigenvalue weighted by molar-refractivity contribution is 8.14. The maximum atomic E-state index is 4.17. The minimum atomic E-state index is 0.337. The summed E-state index contributed by atoms with van der Waals surface area (Å²) in [6, 6.07) is 0.722. The van der Waals surface area contributed by atoms with Crippen LogP contribution in [0.1, 0.15) is 27.7 Å². The molecule has 12 heavy (non-hydrogen) atoms. The zero-order chi connectivity index (χ0) is 9.35. The van der Waals surface area contributed by atoms with E-state index in [1.54, 1.807) is 0 Å². The van der Waals surface area contributed by atoms with Crippen molar-refractivity contribution in [2.45, 2.75) is 39.3 Å². The molecule has 1 aliphatic rings. The van der Waals surface area contributed by atoms with Gasteiger partial charge in [-0.05, 0) is 27.7 Å². The Morgan fingerprint density at radius 2 is 2.00 bits per heavy atom. The molecule has 1 rings (SSSR count). The second-order valence-corrected chi connectivity index (χ2v) is 6.66. The fourth-order valence-corrected chi connectivity index (χ4v) is 3.44. The molecule has 1 nitrogen and oxygen atoms in total. The lowest BCUT2D eigenvalue weighted by Crippen LogP contribution is -2.51. The van der Waals surface area contributed by atoms with Gasteiger partial charge in [0.1, 0.15) is 0 Å². The molecule has 2 heteroatoms. The first-order valence-corrected chi connectivity index (χ1v) is 6.38. The van der Waals surface area contributed by atoms with Gasteiger partial charge in [0.15, 0.2) is 0 Å². The van der Waals surface area contributed by atoms with Gasteiger partial charge in [0.25, 0.3) is 0 Å². The minimum absolute atomic E-state index is 0.337. The molecule has 0 radical (unpaired) electrons. The molecule has 2 atom stereocenters. The van der Waals surface area contributed by atoms with Crippen LogP contribution in [0.25, 0.3) is 0 Å². The summed E-state index contributed by atoms with van der Waals surface area (Å²) in [6.45, 7) is 10.5. The minimum Gasteiger partial charge on any atom is -0.294 e. The average molecular weight is 187 g/mol. The first-order chi connectivity index (χ1) is 5.41. The molecule has 72 valence electrons. The van der Waals surface area contributed by atoms with Crippen molar-refractivity contribution in [1.82, 2.24) is 4.90 Å². The van der Waals surface area contributed by atoms with Crippen molar-refractivity contribution < 1.29 is 0 Å². The van der Waals surface area contributed by atoms with Crippen LogP contribution in [0.4, 0.5) is 0 Å². The normalized spacial score (nSPS) is 33.7. The van der Waals surface area contributed by atoms with E-state index in [0.717, 1.165) is 6.04 Å². The second-order valence-electron chi connectivity index (χ2n) is 4.70. The van der Waals surface area contributed by atoms with Crippen molar-refractivity contribution in [3.8, 4) is 0 Å². The zero-order valence-electron chi connectivity index (χ0n) is 8.76. The second kappa shape index (κ2) is 3.51. The van der Waals surface area contributed by atoms with Gasteiger partial charge in [-0.25, -0.2) is 0 Å². The summed E-state index contributed by atoms with van der Waals surface area (Å²) in [4.78, 5) is 2.60. The van der Waals surface area contributed by atoms with Gasteiger partial charge in [-0.1, -0.05) is 5.87 Å². The summed E-state index contributed by atoms with van der Waals surface area (Å²) in [6.07, 6.45) is 0. The first kappa shape index (κ1) is 10.3.